The summed E-state index contributed by atoms with van der Waals surface area (Å²) in [5, 5.41) is 7.27. The summed E-state index contributed by atoms with van der Waals surface area (Å²) >= 11 is 1.50. The van der Waals surface area contributed by atoms with E-state index in [0.717, 1.165) is 41.3 Å². The van der Waals surface area contributed by atoms with Crippen molar-refractivity contribution in [1.29, 1.82) is 0 Å². The highest BCUT2D eigenvalue weighted by atomic mass is 32.1. The average molecular weight is 377 g/mol. The van der Waals surface area contributed by atoms with Crippen LogP contribution in [0.5, 0.6) is 0 Å². The predicted octanol–water partition coefficient (Wildman–Crippen LogP) is 4.51. The Balaban J connectivity index is 1.47. The van der Waals surface area contributed by atoms with Gasteiger partial charge >= 0.3 is 0 Å². The number of carbonyl (C=O) groups is 1. The van der Waals surface area contributed by atoms with Crippen LogP contribution in [-0.4, -0.2) is 22.5 Å². The highest BCUT2D eigenvalue weighted by Gasteiger charge is 2.49. The van der Waals surface area contributed by atoms with E-state index < -0.39 is 5.72 Å². The van der Waals surface area contributed by atoms with E-state index in [0.29, 0.717) is 10.7 Å². The number of fused-ring (bicyclic) bond motifs is 1. The van der Waals surface area contributed by atoms with Crippen LogP contribution in [0.25, 0.3) is 10.1 Å². The van der Waals surface area contributed by atoms with Gasteiger partial charge in [0.05, 0.1) is 4.88 Å². The maximum absolute atomic E-state index is 13.0. The van der Waals surface area contributed by atoms with Crippen LogP contribution in [0.15, 0.2) is 65.8 Å². The summed E-state index contributed by atoms with van der Waals surface area (Å²) in [7, 11) is 0. The maximum Gasteiger partial charge on any atom is 0.280 e. The van der Waals surface area contributed by atoms with Gasteiger partial charge in [0.25, 0.3) is 5.91 Å². The van der Waals surface area contributed by atoms with Crippen molar-refractivity contribution in [3.8, 4) is 0 Å². The molecule has 0 radical (unpaired) electrons. The van der Waals surface area contributed by atoms with Gasteiger partial charge in [0, 0.05) is 23.1 Å². The van der Waals surface area contributed by atoms with Crippen molar-refractivity contribution >= 4 is 33.2 Å². The lowest BCUT2D eigenvalue weighted by Crippen LogP contribution is -2.56. The van der Waals surface area contributed by atoms with E-state index in [9.17, 15) is 4.79 Å². The number of benzene rings is 2. The highest BCUT2D eigenvalue weighted by Crippen LogP contribution is 2.40. The Morgan fingerprint density at radius 2 is 1.81 bits per heavy atom. The molecule has 27 heavy (non-hydrogen) atoms. The number of nitrogens with zero attached hydrogens (tertiary/aromatic N) is 2. The van der Waals surface area contributed by atoms with Crippen molar-refractivity contribution in [2.24, 2.45) is 5.16 Å². The Kier molecular flexibility index (Phi) is 3.86. The van der Waals surface area contributed by atoms with Crippen molar-refractivity contribution in [2.75, 3.05) is 0 Å². The number of amidine groups is 1. The number of rotatable bonds is 3. The van der Waals surface area contributed by atoms with Crippen LogP contribution in [0.4, 0.5) is 0 Å². The lowest BCUT2D eigenvalue weighted by atomic mass is 10.1. The van der Waals surface area contributed by atoms with Gasteiger partial charge in [0.2, 0.25) is 5.72 Å². The molecule has 6 heteroatoms. The molecule has 0 saturated heterocycles. The van der Waals surface area contributed by atoms with E-state index in [-0.39, 0.29) is 5.91 Å². The first-order valence-corrected chi connectivity index (χ1v) is 9.98. The van der Waals surface area contributed by atoms with Crippen molar-refractivity contribution in [3.63, 3.8) is 0 Å². The first-order valence-electron chi connectivity index (χ1n) is 9.17. The Labute approximate surface area is 161 Å². The second kappa shape index (κ2) is 6.39. The summed E-state index contributed by atoms with van der Waals surface area (Å²) in [6.45, 7) is 0. The van der Waals surface area contributed by atoms with Gasteiger partial charge in [-0.1, -0.05) is 53.7 Å². The summed E-state index contributed by atoms with van der Waals surface area (Å²) in [6.07, 6.45) is 3.82. The van der Waals surface area contributed by atoms with E-state index >= 15 is 0 Å². The zero-order valence-electron chi connectivity index (χ0n) is 14.7. The van der Waals surface area contributed by atoms with Gasteiger partial charge in [-0.2, -0.15) is 0 Å². The van der Waals surface area contributed by atoms with E-state index in [4.69, 9.17) is 4.84 Å². The molecule has 1 saturated carbocycles. The van der Waals surface area contributed by atoms with Crippen LogP contribution >= 0.6 is 11.3 Å². The van der Waals surface area contributed by atoms with Gasteiger partial charge in [-0.3, -0.25) is 10.2 Å². The van der Waals surface area contributed by atoms with Crippen LogP contribution < -0.4 is 5.43 Å². The van der Waals surface area contributed by atoms with Gasteiger partial charge in [-0.05, 0) is 30.4 Å². The Hall–Kier alpha value is -2.86. The molecule has 2 aromatic carbocycles. The monoisotopic (exact) mass is 377 g/mol. The fourth-order valence-corrected chi connectivity index (χ4v) is 4.77. The molecule has 0 atom stereocenters. The van der Waals surface area contributed by atoms with E-state index in [2.05, 4.69) is 10.6 Å². The molecule has 2 aliphatic rings. The first kappa shape index (κ1) is 16.3. The van der Waals surface area contributed by atoms with Crippen LogP contribution in [0, 0.1) is 0 Å². The second-order valence-electron chi connectivity index (χ2n) is 6.95. The minimum atomic E-state index is -0.572. The lowest BCUT2D eigenvalue weighted by molar-refractivity contribution is -0.106. The molecule has 0 bridgehead atoms. The van der Waals surface area contributed by atoms with Crippen LogP contribution in [-0.2, 0) is 4.84 Å². The standard InChI is InChI=1S/C21H19N3O2S/c25-20(18-14-16-10-4-5-11-17(16)27-18)22-24-19(15-8-2-1-3-9-15)23-26-21(24)12-6-7-13-21/h1-5,8-11,14H,6-7,12-13H2,(H,22,25). The number of carbonyl (C=O) groups excluding carboxylic acids is 1. The molecule has 1 aromatic heterocycles. The summed E-state index contributed by atoms with van der Waals surface area (Å²) in [6, 6.07) is 19.8. The molecule has 1 N–H and O–H groups in total. The third kappa shape index (κ3) is 2.77. The third-order valence-corrected chi connectivity index (χ3v) is 6.32. The summed E-state index contributed by atoms with van der Waals surface area (Å²) in [4.78, 5) is 19.6. The largest absolute Gasteiger partial charge is 0.363 e. The zero-order valence-corrected chi connectivity index (χ0v) is 15.5. The fourth-order valence-electron chi connectivity index (χ4n) is 3.82. The van der Waals surface area contributed by atoms with Crippen LogP contribution in [0.2, 0.25) is 0 Å². The topological polar surface area (TPSA) is 53.9 Å². The summed E-state index contributed by atoms with van der Waals surface area (Å²) in [5.41, 5.74) is 3.44. The molecule has 0 unspecified atom stereocenters. The molecular weight excluding hydrogens is 358 g/mol. The molecule has 5 rings (SSSR count). The van der Waals surface area contributed by atoms with Crippen molar-refractivity contribution in [2.45, 2.75) is 31.4 Å². The Bertz CT molecular complexity index is 989. The van der Waals surface area contributed by atoms with Crippen LogP contribution in [0.3, 0.4) is 0 Å². The average Bonchev–Trinajstić information content (AvgIpc) is 3.43. The fraction of sp³-hybridized carbons (Fsp3) is 0.238. The molecule has 1 amide bonds. The SMILES string of the molecule is O=C(NN1C(c2ccccc2)=NOC12CCCC2)c1cc2ccccc2s1. The smallest absolute Gasteiger partial charge is 0.280 e. The minimum Gasteiger partial charge on any atom is -0.363 e. The quantitative estimate of drug-likeness (QED) is 0.731. The second-order valence-corrected chi connectivity index (χ2v) is 8.03. The first-order chi connectivity index (χ1) is 13.3. The molecule has 1 fully saturated rings. The number of amides is 1. The van der Waals surface area contributed by atoms with Crippen LogP contribution in [0.1, 0.15) is 40.9 Å². The zero-order chi connectivity index (χ0) is 18.3. The molecule has 1 aliphatic heterocycles. The third-order valence-electron chi connectivity index (χ3n) is 5.20. The van der Waals surface area contributed by atoms with Gasteiger partial charge in [0.1, 0.15) is 0 Å². The van der Waals surface area contributed by atoms with Gasteiger partial charge < -0.3 is 4.84 Å². The number of hydrogen-bond acceptors (Lipinski definition) is 5. The van der Waals surface area contributed by atoms with Gasteiger partial charge in [-0.15, -0.1) is 11.3 Å². The summed E-state index contributed by atoms with van der Waals surface area (Å²) in [5.74, 6) is 0.531. The molecular formula is C21H19N3O2S. The molecule has 136 valence electrons. The molecule has 1 spiro atoms. The molecule has 5 nitrogen and oxygen atoms in total. The number of hydrazine groups is 1. The van der Waals surface area contributed by atoms with Gasteiger partial charge in [0.15, 0.2) is 5.84 Å². The maximum atomic E-state index is 13.0. The lowest BCUT2D eigenvalue weighted by Gasteiger charge is -2.33. The Morgan fingerprint density at radius 3 is 2.59 bits per heavy atom. The predicted molar refractivity (Wildman–Crippen MR) is 106 cm³/mol. The molecule has 3 aromatic rings. The highest BCUT2D eigenvalue weighted by molar-refractivity contribution is 7.20. The number of hydrogen-bond donors (Lipinski definition) is 1. The van der Waals surface area contributed by atoms with Crippen molar-refractivity contribution in [1.82, 2.24) is 10.4 Å². The van der Waals surface area contributed by atoms with E-state index in [1.807, 2.05) is 65.7 Å². The van der Waals surface area contributed by atoms with E-state index in [1.165, 1.54) is 11.3 Å². The molecule has 1 aliphatic carbocycles. The number of thiophene rings is 1. The Morgan fingerprint density at radius 1 is 1.07 bits per heavy atom. The normalized spacial score (nSPS) is 17.9. The number of nitrogens with one attached hydrogen (secondary N) is 1. The number of oxime groups is 1. The molecule has 2 heterocycles. The van der Waals surface area contributed by atoms with E-state index in [1.54, 1.807) is 0 Å². The minimum absolute atomic E-state index is 0.128. The van der Waals surface area contributed by atoms with Crippen molar-refractivity contribution < 1.29 is 9.63 Å². The van der Waals surface area contributed by atoms with Crippen molar-refractivity contribution in [3.05, 3.63) is 71.1 Å². The summed E-state index contributed by atoms with van der Waals surface area (Å²) < 4.78 is 1.10. The van der Waals surface area contributed by atoms with Gasteiger partial charge in [-0.25, -0.2) is 5.01 Å².